The molecular formula is C29H56N4. The van der Waals surface area contributed by atoms with E-state index in [1.165, 1.54) is 28.7 Å². The molecule has 0 aromatic heterocycles. The van der Waals surface area contributed by atoms with Gasteiger partial charge < -0.3 is 16.4 Å². The first kappa shape index (κ1) is 31.8. The number of hydrogen-bond donors (Lipinski definition) is 2. The minimum atomic E-state index is 0.763. The van der Waals surface area contributed by atoms with Gasteiger partial charge in [0, 0.05) is 19.6 Å². The van der Waals surface area contributed by atoms with E-state index in [2.05, 4.69) is 75.6 Å². The average molecular weight is 461 g/mol. The van der Waals surface area contributed by atoms with E-state index in [9.17, 15) is 0 Å². The lowest BCUT2D eigenvalue weighted by molar-refractivity contribution is 0.241. The first-order chi connectivity index (χ1) is 15.8. The highest BCUT2D eigenvalue weighted by Crippen LogP contribution is 2.10. The van der Waals surface area contributed by atoms with Crippen LogP contribution in [0.15, 0.2) is 46.6 Å². The van der Waals surface area contributed by atoms with Gasteiger partial charge >= 0.3 is 0 Å². The van der Waals surface area contributed by atoms with Crippen molar-refractivity contribution >= 4 is 0 Å². The molecular weight excluding hydrogens is 404 g/mol. The van der Waals surface area contributed by atoms with Gasteiger partial charge in [0.1, 0.15) is 0 Å². The van der Waals surface area contributed by atoms with Crippen LogP contribution in [0.4, 0.5) is 0 Å². The van der Waals surface area contributed by atoms with E-state index in [1.807, 2.05) is 0 Å². The van der Waals surface area contributed by atoms with Gasteiger partial charge in [-0.2, -0.15) is 0 Å². The maximum atomic E-state index is 5.74. The van der Waals surface area contributed by atoms with Crippen LogP contribution in [0.5, 0.6) is 0 Å². The van der Waals surface area contributed by atoms with Gasteiger partial charge in [0.25, 0.3) is 0 Å². The Kier molecular flexibility index (Phi) is 20.6. The summed E-state index contributed by atoms with van der Waals surface area (Å²) in [7, 11) is 0. The number of nitrogens with zero attached hydrogens (tertiary/aromatic N) is 2. The monoisotopic (exact) mass is 460 g/mol. The lowest BCUT2D eigenvalue weighted by atomic mass is 10.1. The van der Waals surface area contributed by atoms with Crippen molar-refractivity contribution in [1.29, 1.82) is 0 Å². The van der Waals surface area contributed by atoms with Gasteiger partial charge in [-0.1, -0.05) is 46.6 Å². The van der Waals surface area contributed by atoms with Gasteiger partial charge in [0.05, 0.1) is 0 Å². The zero-order valence-corrected chi connectivity index (χ0v) is 23.0. The van der Waals surface area contributed by atoms with Gasteiger partial charge in [-0.05, 0) is 119 Å². The quantitative estimate of drug-likeness (QED) is 0.217. The molecule has 0 fully saturated rings. The van der Waals surface area contributed by atoms with Crippen molar-refractivity contribution in [2.24, 2.45) is 11.5 Å². The van der Waals surface area contributed by atoms with Crippen molar-refractivity contribution in [3.8, 4) is 0 Å². The predicted octanol–water partition coefficient (Wildman–Crippen LogP) is 6.06. The van der Waals surface area contributed by atoms with Crippen LogP contribution in [-0.4, -0.2) is 62.2 Å². The molecule has 0 radical (unpaired) electrons. The Morgan fingerprint density at radius 1 is 0.545 bits per heavy atom. The minimum absolute atomic E-state index is 0.763. The van der Waals surface area contributed by atoms with Gasteiger partial charge in [0.15, 0.2) is 0 Å². The largest absolute Gasteiger partial charge is 0.330 e. The van der Waals surface area contributed by atoms with E-state index in [0.717, 1.165) is 90.9 Å². The van der Waals surface area contributed by atoms with Crippen molar-refractivity contribution in [3.05, 3.63) is 46.6 Å². The van der Waals surface area contributed by atoms with Crippen molar-refractivity contribution in [1.82, 2.24) is 9.80 Å². The maximum Gasteiger partial charge on any atom is 0.0169 e. The third-order valence-corrected chi connectivity index (χ3v) is 5.88. The molecule has 33 heavy (non-hydrogen) atoms. The second-order valence-corrected chi connectivity index (χ2v) is 9.98. The van der Waals surface area contributed by atoms with E-state index < -0.39 is 0 Å². The van der Waals surface area contributed by atoms with E-state index in [-0.39, 0.29) is 0 Å². The summed E-state index contributed by atoms with van der Waals surface area (Å²) in [6.07, 6.45) is 17.5. The van der Waals surface area contributed by atoms with Crippen LogP contribution in [0, 0.1) is 0 Å². The molecule has 0 aromatic carbocycles. The molecule has 0 saturated heterocycles. The number of nitrogens with two attached hydrogens (primary N) is 2. The fourth-order valence-electron chi connectivity index (χ4n) is 3.69. The Morgan fingerprint density at radius 3 is 1.33 bits per heavy atom. The SMILES string of the molecule is CC(C)=CCC/C(C)=C/CN(C/C=C(\C)CCC=C(C)C)CCCN(CCCN)CCCN. The summed E-state index contributed by atoms with van der Waals surface area (Å²) in [5.41, 5.74) is 17.3. The normalized spacial score (nSPS) is 12.5. The summed E-state index contributed by atoms with van der Waals surface area (Å²) < 4.78 is 0. The van der Waals surface area contributed by atoms with E-state index >= 15 is 0 Å². The number of hydrogen-bond acceptors (Lipinski definition) is 4. The lowest BCUT2D eigenvalue weighted by Gasteiger charge is -2.25. The molecule has 0 aliphatic carbocycles. The molecule has 0 aliphatic rings. The van der Waals surface area contributed by atoms with Crippen LogP contribution in [0.25, 0.3) is 0 Å². The third-order valence-electron chi connectivity index (χ3n) is 5.88. The molecule has 0 spiro atoms. The van der Waals surface area contributed by atoms with Crippen molar-refractivity contribution in [2.75, 3.05) is 52.4 Å². The van der Waals surface area contributed by atoms with Crippen LogP contribution >= 0.6 is 0 Å². The molecule has 0 bridgehead atoms. The Morgan fingerprint density at radius 2 is 0.939 bits per heavy atom. The second kappa shape index (κ2) is 21.3. The molecule has 0 atom stereocenters. The number of allylic oxidation sites excluding steroid dienone is 6. The van der Waals surface area contributed by atoms with E-state index in [4.69, 9.17) is 11.5 Å². The lowest BCUT2D eigenvalue weighted by Crippen LogP contribution is -2.33. The second-order valence-electron chi connectivity index (χ2n) is 9.98. The molecule has 0 unspecified atom stereocenters. The summed E-state index contributed by atoms with van der Waals surface area (Å²) in [6.45, 7) is 21.3. The summed E-state index contributed by atoms with van der Waals surface area (Å²) in [5, 5.41) is 0. The fraction of sp³-hybridized carbons (Fsp3) is 0.724. The minimum Gasteiger partial charge on any atom is -0.330 e. The van der Waals surface area contributed by atoms with Crippen LogP contribution in [-0.2, 0) is 0 Å². The zero-order chi connectivity index (χ0) is 24.9. The Hall–Kier alpha value is -1.20. The van der Waals surface area contributed by atoms with Gasteiger partial charge in [-0.15, -0.1) is 0 Å². The first-order valence-electron chi connectivity index (χ1n) is 13.2. The molecule has 0 saturated carbocycles. The molecule has 0 aromatic rings. The summed E-state index contributed by atoms with van der Waals surface area (Å²) in [4.78, 5) is 5.14. The highest BCUT2D eigenvalue weighted by atomic mass is 15.1. The molecule has 4 N–H and O–H groups in total. The number of rotatable bonds is 20. The highest BCUT2D eigenvalue weighted by Gasteiger charge is 2.07. The molecule has 192 valence electrons. The van der Waals surface area contributed by atoms with Gasteiger partial charge in [-0.3, -0.25) is 4.90 Å². The van der Waals surface area contributed by atoms with E-state index in [1.54, 1.807) is 0 Å². The molecule has 0 amide bonds. The Balaban J connectivity index is 4.89. The Labute approximate surface area is 206 Å². The molecule has 4 nitrogen and oxygen atoms in total. The summed E-state index contributed by atoms with van der Waals surface area (Å²) in [5.74, 6) is 0. The Bertz CT molecular complexity index is 545. The first-order valence-corrected chi connectivity index (χ1v) is 13.2. The predicted molar refractivity (Wildman–Crippen MR) is 150 cm³/mol. The van der Waals surface area contributed by atoms with E-state index in [0.29, 0.717) is 0 Å². The topological polar surface area (TPSA) is 58.5 Å². The third kappa shape index (κ3) is 21.1. The summed E-state index contributed by atoms with van der Waals surface area (Å²) >= 11 is 0. The standard InChI is InChI=1S/C29H56N4/c1-26(2)12-7-14-28(5)16-24-33(25-17-29(6)15-8-13-27(3)4)23-11-22-32(20-9-18-30)21-10-19-31/h12-13,16-17H,7-11,14-15,18-25,30-31H2,1-6H3/b28-16+,29-17+. The summed E-state index contributed by atoms with van der Waals surface area (Å²) in [6, 6.07) is 0. The highest BCUT2D eigenvalue weighted by molar-refractivity contribution is 5.05. The van der Waals surface area contributed by atoms with Gasteiger partial charge in [-0.25, -0.2) is 0 Å². The van der Waals surface area contributed by atoms with Crippen LogP contribution in [0.3, 0.4) is 0 Å². The fourth-order valence-corrected chi connectivity index (χ4v) is 3.69. The molecule has 4 heteroatoms. The van der Waals surface area contributed by atoms with Crippen LogP contribution < -0.4 is 11.5 Å². The van der Waals surface area contributed by atoms with Crippen LogP contribution in [0.1, 0.15) is 86.5 Å². The van der Waals surface area contributed by atoms with Crippen molar-refractivity contribution in [3.63, 3.8) is 0 Å². The molecule has 0 heterocycles. The molecule has 0 rings (SSSR count). The maximum absolute atomic E-state index is 5.74. The van der Waals surface area contributed by atoms with Crippen LogP contribution in [0.2, 0.25) is 0 Å². The smallest absolute Gasteiger partial charge is 0.0169 e. The van der Waals surface area contributed by atoms with Gasteiger partial charge in [0.2, 0.25) is 0 Å². The van der Waals surface area contributed by atoms with Crippen molar-refractivity contribution < 1.29 is 0 Å². The molecule has 0 aliphatic heterocycles. The zero-order valence-electron chi connectivity index (χ0n) is 23.0. The van der Waals surface area contributed by atoms with Crippen molar-refractivity contribution in [2.45, 2.75) is 86.5 Å². The average Bonchev–Trinajstić information content (AvgIpc) is 2.76.